The molecule has 0 fully saturated rings. The summed E-state index contributed by atoms with van der Waals surface area (Å²) in [5, 5.41) is 8.70. The molecular weight excluding hydrogens is 88.1 g/mol. The average molecular weight is 96.1 g/mol. The molecule has 0 saturated heterocycles. The van der Waals surface area contributed by atoms with E-state index in [1.807, 2.05) is 0 Å². The van der Waals surface area contributed by atoms with E-state index in [1.165, 1.54) is 0 Å². The van der Waals surface area contributed by atoms with Gasteiger partial charge in [-0.05, 0) is 12.5 Å². The molecule has 0 aromatic rings. The van der Waals surface area contributed by atoms with Crippen LogP contribution in [-0.4, -0.2) is 5.11 Å². The molecule has 0 heterocycles. The summed E-state index contributed by atoms with van der Waals surface area (Å²) in [6.45, 7) is 3.67. The van der Waals surface area contributed by atoms with Crippen molar-refractivity contribution in [2.45, 2.75) is 12.8 Å². The summed E-state index contributed by atoms with van der Waals surface area (Å²) in [7, 11) is 0. The number of allylic oxidation sites excluding steroid dienone is 3. The smallest absolute Gasteiger partial charge is 0.0928 e. The Morgan fingerprint density at radius 1 is 1.57 bits per heavy atom. The molecule has 0 aliphatic heterocycles. The summed E-state index contributed by atoms with van der Waals surface area (Å²) < 4.78 is 0. The molecule has 0 radical (unpaired) electrons. The third-order valence-corrected chi connectivity index (χ3v) is 1.07. The monoisotopic (exact) mass is 96.1 g/mol. The zero-order valence-corrected chi connectivity index (χ0v) is 4.15. The molecule has 0 spiro atoms. The summed E-state index contributed by atoms with van der Waals surface area (Å²) >= 11 is 0. The first-order valence-corrected chi connectivity index (χ1v) is 2.36. The van der Waals surface area contributed by atoms with E-state index in [0.29, 0.717) is 5.76 Å². The molecule has 0 amide bonds. The van der Waals surface area contributed by atoms with E-state index in [4.69, 9.17) is 5.11 Å². The summed E-state index contributed by atoms with van der Waals surface area (Å²) in [6, 6.07) is 0. The highest BCUT2D eigenvalue weighted by atomic mass is 16.3. The van der Waals surface area contributed by atoms with Crippen molar-refractivity contribution < 1.29 is 5.11 Å². The minimum absolute atomic E-state index is 0.477. The van der Waals surface area contributed by atoms with Gasteiger partial charge >= 0.3 is 0 Å². The first-order chi connectivity index (χ1) is 3.29. The molecule has 1 aliphatic carbocycles. The Labute approximate surface area is 43.0 Å². The summed E-state index contributed by atoms with van der Waals surface area (Å²) in [5.41, 5.74) is 1.04. The van der Waals surface area contributed by atoms with Crippen molar-refractivity contribution in [2.24, 2.45) is 0 Å². The summed E-state index contributed by atoms with van der Waals surface area (Å²) in [6.07, 6.45) is 3.45. The summed E-state index contributed by atoms with van der Waals surface area (Å²) in [4.78, 5) is 0. The minimum atomic E-state index is 0.477. The molecular formula is C6H8O. The molecule has 1 nitrogen and oxygen atoms in total. The van der Waals surface area contributed by atoms with Crippen LogP contribution in [0.1, 0.15) is 12.8 Å². The SMILES string of the molecule is C=C1C=C(O)CC1. The standard InChI is InChI=1S/C6H8O/c1-5-2-3-6(7)4-5/h4,7H,1-3H2. The second-order valence-corrected chi connectivity index (χ2v) is 1.79. The van der Waals surface area contributed by atoms with Crippen LogP contribution in [0.15, 0.2) is 24.0 Å². The lowest BCUT2D eigenvalue weighted by Crippen LogP contribution is -1.66. The van der Waals surface area contributed by atoms with Crippen molar-refractivity contribution in [3.63, 3.8) is 0 Å². The molecule has 7 heavy (non-hydrogen) atoms. The Morgan fingerprint density at radius 2 is 2.29 bits per heavy atom. The number of aliphatic hydroxyl groups excluding tert-OH is 1. The molecule has 38 valence electrons. The van der Waals surface area contributed by atoms with Crippen molar-refractivity contribution >= 4 is 0 Å². The van der Waals surface area contributed by atoms with Crippen LogP contribution in [0.2, 0.25) is 0 Å². The van der Waals surface area contributed by atoms with Crippen LogP contribution in [0.25, 0.3) is 0 Å². The lowest BCUT2D eigenvalue weighted by Gasteiger charge is -1.80. The van der Waals surface area contributed by atoms with Crippen LogP contribution >= 0.6 is 0 Å². The lowest BCUT2D eigenvalue weighted by molar-refractivity contribution is 0.397. The zero-order valence-electron chi connectivity index (χ0n) is 4.15. The fraction of sp³-hybridized carbons (Fsp3) is 0.333. The Morgan fingerprint density at radius 3 is 2.43 bits per heavy atom. The van der Waals surface area contributed by atoms with Gasteiger partial charge in [0.1, 0.15) is 0 Å². The highest BCUT2D eigenvalue weighted by molar-refractivity contribution is 5.23. The number of hydrogen-bond donors (Lipinski definition) is 1. The third-order valence-electron chi connectivity index (χ3n) is 1.07. The Balaban J connectivity index is 2.67. The average Bonchev–Trinajstić information content (AvgIpc) is 1.87. The molecule has 0 atom stereocenters. The van der Waals surface area contributed by atoms with Crippen molar-refractivity contribution in [3.05, 3.63) is 24.0 Å². The maximum Gasteiger partial charge on any atom is 0.0928 e. The Bertz CT molecular complexity index is 122. The Hall–Kier alpha value is -0.720. The molecule has 0 unspecified atom stereocenters. The van der Waals surface area contributed by atoms with Gasteiger partial charge in [-0.15, -0.1) is 0 Å². The highest BCUT2D eigenvalue weighted by Crippen LogP contribution is 2.18. The van der Waals surface area contributed by atoms with Crippen LogP contribution in [0.5, 0.6) is 0 Å². The summed E-state index contributed by atoms with van der Waals surface area (Å²) in [5.74, 6) is 0.477. The molecule has 1 rings (SSSR count). The van der Waals surface area contributed by atoms with E-state index in [1.54, 1.807) is 6.08 Å². The van der Waals surface area contributed by atoms with Crippen molar-refractivity contribution in [1.29, 1.82) is 0 Å². The van der Waals surface area contributed by atoms with Gasteiger partial charge in [0.25, 0.3) is 0 Å². The molecule has 0 saturated carbocycles. The molecule has 1 N–H and O–H groups in total. The Kier molecular flexibility index (Phi) is 0.895. The van der Waals surface area contributed by atoms with Gasteiger partial charge in [0.2, 0.25) is 0 Å². The second-order valence-electron chi connectivity index (χ2n) is 1.79. The molecule has 0 aromatic carbocycles. The molecule has 0 bridgehead atoms. The first-order valence-electron chi connectivity index (χ1n) is 2.36. The van der Waals surface area contributed by atoms with E-state index >= 15 is 0 Å². The van der Waals surface area contributed by atoms with E-state index in [0.717, 1.165) is 18.4 Å². The fourth-order valence-corrected chi connectivity index (χ4v) is 0.669. The number of aliphatic hydroxyl groups is 1. The number of rotatable bonds is 0. The van der Waals surface area contributed by atoms with Crippen LogP contribution in [0.3, 0.4) is 0 Å². The number of hydrogen-bond acceptors (Lipinski definition) is 1. The van der Waals surface area contributed by atoms with Crippen molar-refractivity contribution in [2.75, 3.05) is 0 Å². The van der Waals surface area contributed by atoms with E-state index in [9.17, 15) is 0 Å². The maximum absolute atomic E-state index is 8.70. The fourth-order valence-electron chi connectivity index (χ4n) is 0.669. The van der Waals surface area contributed by atoms with Gasteiger partial charge in [0.05, 0.1) is 5.76 Å². The van der Waals surface area contributed by atoms with Gasteiger partial charge in [-0.25, -0.2) is 0 Å². The highest BCUT2D eigenvalue weighted by Gasteiger charge is 2.03. The van der Waals surface area contributed by atoms with Gasteiger partial charge in [-0.1, -0.05) is 12.2 Å². The second kappa shape index (κ2) is 1.41. The lowest BCUT2D eigenvalue weighted by atomic mass is 10.3. The quantitative estimate of drug-likeness (QED) is 0.487. The van der Waals surface area contributed by atoms with Gasteiger partial charge in [0, 0.05) is 6.42 Å². The van der Waals surface area contributed by atoms with Gasteiger partial charge in [-0.2, -0.15) is 0 Å². The first kappa shape index (κ1) is 4.44. The van der Waals surface area contributed by atoms with E-state index in [-0.39, 0.29) is 0 Å². The molecule has 0 aromatic heterocycles. The normalized spacial score (nSPS) is 20.0. The molecule has 1 aliphatic rings. The van der Waals surface area contributed by atoms with Crippen molar-refractivity contribution in [3.8, 4) is 0 Å². The van der Waals surface area contributed by atoms with Crippen LogP contribution in [-0.2, 0) is 0 Å². The van der Waals surface area contributed by atoms with Gasteiger partial charge in [-0.3, -0.25) is 0 Å². The van der Waals surface area contributed by atoms with Gasteiger partial charge in [0.15, 0.2) is 0 Å². The minimum Gasteiger partial charge on any atom is -0.512 e. The third kappa shape index (κ3) is 0.829. The largest absolute Gasteiger partial charge is 0.512 e. The predicted molar refractivity (Wildman–Crippen MR) is 29.1 cm³/mol. The van der Waals surface area contributed by atoms with Crippen LogP contribution in [0, 0.1) is 0 Å². The van der Waals surface area contributed by atoms with Crippen LogP contribution in [0.4, 0.5) is 0 Å². The maximum atomic E-state index is 8.70. The van der Waals surface area contributed by atoms with Crippen molar-refractivity contribution in [1.82, 2.24) is 0 Å². The van der Waals surface area contributed by atoms with E-state index in [2.05, 4.69) is 6.58 Å². The van der Waals surface area contributed by atoms with E-state index < -0.39 is 0 Å². The topological polar surface area (TPSA) is 20.2 Å². The zero-order chi connectivity index (χ0) is 5.28. The van der Waals surface area contributed by atoms with Gasteiger partial charge < -0.3 is 5.11 Å². The molecule has 1 heteroatoms. The predicted octanol–water partition coefficient (Wildman–Crippen LogP) is 1.78. The van der Waals surface area contributed by atoms with Crippen LogP contribution < -0.4 is 0 Å².